The molecule has 1 aromatic rings. The Balaban J connectivity index is 2.59. The molecule has 0 spiro atoms. The standard InChI is InChI=1S/C12H18N2O2S/c1-7(5-11(15)16)6-13-8(2)12-9(3)14-10(4)17-12/h5,8,13H,6H2,1-4H3,(H,15,16). The monoisotopic (exact) mass is 254 g/mol. The maximum absolute atomic E-state index is 10.5. The molecule has 1 atom stereocenters. The van der Waals surface area contributed by atoms with Crippen LogP contribution in [0.2, 0.25) is 0 Å². The van der Waals surface area contributed by atoms with Crippen molar-refractivity contribution >= 4 is 17.3 Å². The van der Waals surface area contributed by atoms with Crippen molar-refractivity contribution in [3.05, 3.63) is 27.2 Å². The van der Waals surface area contributed by atoms with Gasteiger partial charge in [0.1, 0.15) is 0 Å². The van der Waals surface area contributed by atoms with Gasteiger partial charge in [0.15, 0.2) is 0 Å². The summed E-state index contributed by atoms with van der Waals surface area (Å²) in [5.41, 5.74) is 1.86. The molecule has 0 amide bonds. The molecule has 0 aliphatic carbocycles. The topological polar surface area (TPSA) is 62.2 Å². The van der Waals surface area contributed by atoms with E-state index in [1.54, 1.807) is 18.3 Å². The van der Waals surface area contributed by atoms with Gasteiger partial charge in [-0.25, -0.2) is 9.78 Å². The van der Waals surface area contributed by atoms with Gasteiger partial charge in [0, 0.05) is 23.5 Å². The first-order valence-corrected chi connectivity index (χ1v) is 6.29. The molecule has 0 fully saturated rings. The molecule has 1 heterocycles. The third-order valence-electron chi connectivity index (χ3n) is 2.39. The number of carboxylic acid groups (broad SMARTS) is 1. The van der Waals surface area contributed by atoms with Crippen LogP contribution >= 0.6 is 11.3 Å². The quantitative estimate of drug-likeness (QED) is 0.792. The fraction of sp³-hybridized carbons (Fsp3) is 0.500. The molecule has 0 aromatic carbocycles. The summed E-state index contributed by atoms with van der Waals surface area (Å²) < 4.78 is 0. The van der Waals surface area contributed by atoms with Crippen molar-refractivity contribution in [2.45, 2.75) is 33.7 Å². The summed E-state index contributed by atoms with van der Waals surface area (Å²) in [5, 5.41) is 13.0. The molecule has 4 nitrogen and oxygen atoms in total. The fourth-order valence-corrected chi connectivity index (χ4v) is 2.57. The van der Waals surface area contributed by atoms with E-state index >= 15 is 0 Å². The van der Waals surface area contributed by atoms with E-state index in [1.807, 2.05) is 13.8 Å². The SMILES string of the molecule is CC(=CC(=O)O)CNC(C)c1sc(C)nc1C. The Morgan fingerprint density at radius 1 is 1.59 bits per heavy atom. The third kappa shape index (κ3) is 4.28. The van der Waals surface area contributed by atoms with Gasteiger partial charge in [-0.05, 0) is 27.7 Å². The zero-order chi connectivity index (χ0) is 13.0. The van der Waals surface area contributed by atoms with Crippen LogP contribution in [0.4, 0.5) is 0 Å². The van der Waals surface area contributed by atoms with E-state index in [1.165, 1.54) is 11.0 Å². The Morgan fingerprint density at radius 2 is 2.24 bits per heavy atom. The van der Waals surface area contributed by atoms with Crippen molar-refractivity contribution in [1.29, 1.82) is 0 Å². The van der Waals surface area contributed by atoms with Gasteiger partial charge in [0.2, 0.25) is 0 Å². The van der Waals surface area contributed by atoms with Crippen molar-refractivity contribution in [2.75, 3.05) is 6.54 Å². The van der Waals surface area contributed by atoms with Crippen LogP contribution in [0.1, 0.15) is 35.5 Å². The number of hydrogen-bond acceptors (Lipinski definition) is 4. The van der Waals surface area contributed by atoms with E-state index < -0.39 is 5.97 Å². The second-order valence-electron chi connectivity index (χ2n) is 4.11. The predicted octanol–water partition coefficient (Wildman–Crippen LogP) is 2.44. The number of hydrogen-bond donors (Lipinski definition) is 2. The van der Waals surface area contributed by atoms with Crippen LogP contribution in [0.3, 0.4) is 0 Å². The predicted molar refractivity (Wildman–Crippen MR) is 69.4 cm³/mol. The summed E-state index contributed by atoms with van der Waals surface area (Å²) in [7, 11) is 0. The lowest BCUT2D eigenvalue weighted by Crippen LogP contribution is -2.20. The summed E-state index contributed by atoms with van der Waals surface area (Å²) in [6, 6.07) is 0.193. The van der Waals surface area contributed by atoms with E-state index in [0.717, 1.165) is 16.3 Å². The molecular formula is C12H18N2O2S. The zero-order valence-corrected chi connectivity index (χ0v) is 11.4. The van der Waals surface area contributed by atoms with Crippen molar-refractivity contribution in [3.8, 4) is 0 Å². The first-order chi connectivity index (χ1) is 7.90. The molecule has 17 heavy (non-hydrogen) atoms. The van der Waals surface area contributed by atoms with E-state index in [9.17, 15) is 4.79 Å². The van der Waals surface area contributed by atoms with Gasteiger partial charge in [-0.15, -0.1) is 11.3 Å². The second kappa shape index (κ2) is 5.93. The van der Waals surface area contributed by atoms with Gasteiger partial charge in [-0.2, -0.15) is 0 Å². The number of aromatic nitrogens is 1. The minimum atomic E-state index is -0.901. The smallest absolute Gasteiger partial charge is 0.328 e. The molecule has 94 valence electrons. The van der Waals surface area contributed by atoms with Crippen LogP contribution in [0.15, 0.2) is 11.6 Å². The Labute approximate surface area is 105 Å². The van der Waals surface area contributed by atoms with Crippen LogP contribution in [-0.4, -0.2) is 22.6 Å². The lowest BCUT2D eigenvalue weighted by molar-refractivity contribution is -0.131. The van der Waals surface area contributed by atoms with Gasteiger partial charge in [-0.3, -0.25) is 0 Å². The lowest BCUT2D eigenvalue weighted by Gasteiger charge is -2.12. The van der Waals surface area contributed by atoms with Gasteiger partial charge >= 0.3 is 5.97 Å². The molecule has 0 saturated carbocycles. The number of carbonyl (C=O) groups is 1. The summed E-state index contributed by atoms with van der Waals surface area (Å²) in [6.07, 6.45) is 1.23. The van der Waals surface area contributed by atoms with Gasteiger partial charge < -0.3 is 10.4 Å². The number of aryl methyl sites for hydroxylation is 2. The lowest BCUT2D eigenvalue weighted by atomic mass is 10.2. The van der Waals surface area contributed by atoms with Crippen LogP contribution in [0.5, 0.6) is 0 Å². The Hall–Kier alpha value is -1.20. The molecule has 1 aromatic heterocycles. The molecule has 1 rings (SSSR count). The summed E-state index contributed by atoms with van der Waals surface area (Å²) in [5.74, 6) is -0.901. The highest BCUT2D eigenvalue weighted by atomic mass is 32.1. The molecule has 1 unspecified atom stereocenters. The molecule has 0 bridgehead atoms. The van der Waals surface area contributed by atoms with E-state index in [-0.39, 0.29) is 6.04 Å². The van der Waals surface area contributed by atoms with Crippen molar-refractivity contribution in [1.82, 2.24) is 10.3 Å². The van der Waals surface area contributed by atoms with Gasteiger partial charge in [0.25, 0.3) is 0 Å². The van der Waals surface area contributed by atoms with Crippen molar-refractivity contribution in [2.24, 2.45) is 0 Å². The molecule has 0 aliphatic rings. The maximum Gasteiger partial charge on any atom is 0.328 e. The van der Waals surface area contributed by atoms with Crippen LogP contribution in [-0.2, 0) is 4.79 Å². The van der Waals surface area contributed by atoms with Crippen LogP contribution < -0.4 is 5.32 Å². The largest absolute Gasteiger partial charge is 0.478 e. The Morgan fingerprint density at radius 3 is 2.71 bits per heavy atom. The van der Waals surface area contributed by atoms with E-state index in [0.29, 0.717) is 6.54 Å². The summed E-state index contributed by atoms with van der Waals surface area (Å²) >= 11 is 1.68. The van der Waals surface area contributed by atoms with Crippen molar-refractivity contribution in [3.63, 3.8) is 0 Å². The molecule has 2 N–H and O–H groups in total. The number of thiazole rings is 1. The highest BCUT2D eigenvalue weighted by molar-refractivity contribution is 7.11. The maximum atomic E-state index is 10.5. The summed E-state index contributed by atoms with van der Waals surface area (Å²) in [4.78, 5) is 16.1. The Bertz CT molecular complexity index is 438. The minimum absolute atomic E-state index is 0.193. The number of aliphatic carboxylic acids is 1. The number of carboxylic acids is 1. The second-order valence-corrected chi connectivity index (χ2v) is 5.35. The van der Waals surface area contributed by atoms with E-state index in [2.05, 4.69) is 17.2 Å². The van der Waals surface area contributed by atoms with E-state index in [4.69, 9.17) is 5.11 Å². The van der Waals surface area contributed by atoms with Gasteiger partial charge in [0.05, 0.1) is 10.7 Å². The fourth-order valence-electron chi connectivity index (χ4n) is 1.62. The van der Waals surface area contributed by atoms with Crippen LogP contribution in [0.25, 0.3) is 0 Å². The zero-order valence-electron chi connectivity index (χ0n) is 10.6. The highest BCUT2D eigenvalue weighted by Gasteiger charge is 2.12. The van der Waals surface area contributed by atoms with Crippen LogP contribution in [0, 0.1) is 13.8 Å². The number of rotatable bonds is 5. The molecule has 0 aliphatic heterocycles. The van der Waals surface area contributed by atoms with Crippen molar-refractivity contribution < 1.29 is 9.90 Å². The first-order valence-electron chi connectivity index (χ1n) is 5.47. The number of nitrogens with one attached hydrogen (secondary N) is 1. The van der Waals surface area contributed by atoms with Gasteiger partial charge in [-0.1, -0.05) is 5.57 Å². The molecule has 0 saturated heterocycles. The average molecular weight is 254 g/mol. The Kier molecular flexibility index (Phi) is 4.84. The number of nitrogens with zero attached hydrogens (tertiary/aromatic N) is 1. The molecule has 5 heteroatoms. The molecule has 0 radical (unpaired) electrons. The molecular weight excluding hydrogens is 236 g/mol. The minimum Gasteiger partial charge on any atom is -0.478 e. The average Bonchev–Trinajstić information content (AvgIpc) is 2.53. The summed E-state index contributed by atoms with van der Waals surface area (Å²) in [6.45, 7) is 8.43. The third-order valence-corrected chi connectivity index (χ3v) is 3.65. The highest BCUT2D eigenvalue weighted by Crippen LogP contribution is 2.24. The normalized spacial score (nSPS) is 13.8. The first kappa shape index (κ1) is 13.9.